The van der Waals surface area contributed by atoms with Gasteiger partial charge in [0.05, 0.1) is 12.0 Å². The van der Waals surface area contributed by atoms with Gasteiger partial charge in [-0.05, 0) is 41.8 Å². The molecule has 2 amide bonds. The summed E-state index contributed by atoms with van der Waals surface area (Å²) in [5.41, 5.74) is 0.901. The van der Waals surface area contributed by atoms with Gasteiger partial charge >= 0.3 is 0 Å². The molecule has 0 radical (unpaired) electrons. The SMILES string of the molecule is CCN1C(=O)S/C(=C/c2ccc(OC)c3ccccc23)C1=O. The molecular weight excluding hydrogens is 298 g/mol. The van der Waals surface area contributed by atoms with E-state index >= 15 is 0 Å². The largest absolute Gasteiger partial charge is 0.496 e. The highest BCUT2D eigenvalue weighted by atomic mass is 32.2. The number of fused-ring (bicyclic) bond motifs is 1. The minimum atomic E-state index is -0.225. The molecule has 1 fully saturated rings. The minimum Gasteiger partial charge on any atom is -0.496 e. The van der Waals surface area contributed by atoms with Crippen molar-refractivity contribution in [2.45, 2.75) is 6.92 Å². The molecule has 2 aromatic carbocycles. The van der Waals surface area contributed by atoms with Gasteiger partial charge in [0.2, 0.25) is 0 Å². The van der Waals surface area contributed by atoms with E-state index in [4.69, 9.17) is 4.74 Å². The van der Waals surface area contributed by atoms with Crippen molar-refractivity contribution in [1.29, 1.82) is 0 Å². The summed E-state index contributed by atoms with van der Waals surface area (Å²) < 4.78 is 5.37. The molecule has 0 aliphatic carbocycles. The molecule has 0 saturated carbocycles. The van der Waals surface area contributed by atoms with Crippen molar-refractivity contribution in [2.75, 3.05) is 13.7 Å². The maximum absolute atomic E-state index is 12.2. The molecule has 5 heteroatoms. The summed E-state index contributed by atoms with van der Waals surface area (Å²) in [6.45, 7) is 2.19. The molecule has 112 valence electrons. The van der Waals surface area contributed by atoms with Crippen LogP contribution in [0.1, 0.15) is 12.5 Å². The molecule has 1 aliphatic rings. The zero-order valence-electron chi connectivity index (χ0n) is 12.3. The predicted molar refractivity (Wildman–Crippen MR) is 88.9 cm³/mol. The number of methoxy groups -OCH3 is 1. The van der Waals surface area contributed by atoms with Crippen LogP contribution in [-0.2, 0) is 4.79 Å². The molecule has 1 aliphatic heterocycles. The first-order valence-electron chi connectivity index (χ1n) is 6.96. The van der Waals surface area contributed by atoms with Gasteiger partial charge in [-0.1, -0.05) is 30.3 Å². The van der Waals surface area contributed by atoms with E-state index in [1.807, 2.05) is 36.4 Å². The van der Waals surface area contributed by atoms with Crippen LogP contribution in [0.5, 0.6) is 5.75 Å². The molecule has 4 nitrogen and oxygen atoms in total. The van der Waals surface area contributed by atoms with Gasteiger partial charge in [0, 0.05) is 11.9 Å². The van der Waals surface area contributed by atoms with E-state index in [0.717, 1.165) is 33.8 Å². The maximum atomic E-state index is 12.2. The molecule has 1 heterocycles. The number of thioether (sulfide) groups is 1. The Balaban J connectivity index is 2.11. The Morgan fingerprint density at radius 3 is 2.50 bits per heavy atom. The smallest absolute Gasteiger partial charge is 0.293 e. The maximum Gasteiger partial charge on any atom is 0.293 e. The minimum absolute atomic E-state index is 0.212. The third kappa shape index (κ3) is 2.37. The number of carbonyl (C=O) groups excluding carboxylic acids is 2. The average Bonchev–Trinajstić information content (AvgIpc) is 2.81. The number of hydrogen-bond acceptors (Lipinski definition) is 4. The summed E-state index contributed by atoms with van der Waals surface area (Å²) in [7, 11) is 1.63. The van der Waals surface area contributed by atoms with Gasteiger partial charge in [-0.2, -0.15) is 0 Å². The van der Waals surface area contributed by atoms with E-state index in [9.17, 15) is 9.59 Å². The number of ether oxygens (including phenoxy) is 1. The predicted octanol–water partition coefficient (Wildman–Crippen LogP) is 3.90. The van der Waals surface area contributed by atoms with Gasteiger partial charge in [0.1, 0.15) is 5.75 Å². The number of benzene rings is 2. The topological polar surface area (TPSA) is 46.6 Å². The molecule has 0 aromatic heterocycles. The number of amides is 2. The first kappa shape index (κ1) is 14.7. The molecule has 0 bridgehead atoms. The molecule has 0 atom stereocenters. The fourth-order valence-electron chi connectivity index (χ4n) is 2.51. The van der Waals surface area contributed by atoms with Crippen molar-refractivity contribution in [3.8, 4) is 5.75 Å². The van der Waals surface area contributed by atoms with Crippen LogP contribution < -0.4 is 4.74 Å². The first-order chi connectivity index (χ1) is 10.7. The summed E-state index contributed by atoms with van der Waals surface area (Å²) in [4.78, 5) is 25.7. The summed E-state index contributed by atoms with van der Waals surface area (Å²) in [5, 5.41) is 1.76. The quantitative estimate of drug-likeness (QED) is 0.806. The zero-order chi connectivity index (χ0) is 15.7. The zero-order valence-corrected chi connectivity index (χ0v) is 13.1. The molecule has 22 heavy (non-hydrogen) atoms. The standard InChI is InChI=1S/C17H15NO3S/c1-3-18-16(19)15(22-17(18)20)10-11-8-9-14(21-2)13-7-5-4-6-12(11)13/h4-10H,3H2,1-2H3/b15-10+. The highest BCUT2D eigenvalue weighted by molar-refractivity contribution is 8.18. The van der Waals surface area contributed by atoms with Gasteiger partial charge in [0.15, 0.2) is 0 Å². The van der Waals surface area contributed by atoms with Crippen molar-refractivity contribution < 1.29 is 14.3 Å². The highest BCUT2D eigenvalue weighted by Gasteiger charge is 2.33. The van der Waals surface area contributed by atoms with Crippen LogP contribution in [0.3, 0.4) is 0 Å². The molecule has 0 unspecified atom stereocenters. The highest BCUT2D eigenvalue weighted by Crippen LogP contribution is 2.35. The Morgan fingerprint density at radius 1 is 1.14 bits per heavy atom. The van der Waals surface area contributed by atoms with Crippen LogP contribution in [0.25, 0.3) is 16.8 Å². The first-order valence-corrected chi connectivity index (χ1v) is 7.78. The van der Waals surface area contributed by atoms with E-state index in [1.165, 1.54) is 4.90 Å². The number of carbonyl (C=O) groups is 2. The summed E-state index contributed by atoms with van der Waals surface area (Å²) in [6.07, 6.45) is 1.78. The third-order valence-corrected chi connectivity index (χ3v) is 4.52. The second-order valence-electron chi connectivity index (χ2n) is 4.83. The van der Waals surface area contributed by atoms with Crippen LogP contribution in [0.4, 0.5) is 4.79 Å². The van der Waals surface area contributed by atoms with Crippen LogP contribution in [0.2, 0.25) is 0 Å². The number of imide groups is 1. The van der Waals surface area contributed by atoms with Crippen LogP contribution in [0.15, 0.2) is 41.3 Å². The lowest BCUT2D eigenvalue weighted by molar-refractivity contribution is -0.122. The summed E-state index contributed by atoms with van der Waals surface area (Å²) in [5.74, 6) is 0.562. The molecule has 3 rings (SSSR count). The molecule has 0 N–H and O–H groups in total. The van der Waals surface area contributed by atoms with Crippen LogP contribution in [-0.4, -0.2) is 29.7 Å². The number of likely N-dealkylation sites (N-methyl/N-ethyl adjacent to an activating group) is 1. The fourth-order valence-corrected chi connectivity index (χ4v) is 3.41. The average molecular weight is 313 g/mol. The summed E-state index contributed by atoms with van der Waals surface area (Å²) >= 11 is 0.987. The number of hydrogen-bond donors (Lipinski definition) is 0. The van der Waals surface area contributed by atoms with E-state index in [-0.39, 0.29) is 11.1 Å². The second kappa shape index (κ2) is 5.85. The second-order valence-corrected chi connectivity index (χ2v) is 5.82. The van der Waals surface area contributed by atoms with Crippen molar-refractivity contribution in [2.24, 2.45) is 0 Å². The van der Waals surface area contributed by atoms with Crippen LogP contribution >= 0.6 is 11.8 Å². The van der Waals surface area contributed by atoms with Crippen LogP contribution in [0, 0.1) is 0 Å². The lowest BCUT2D eigenvalue weighted by Gasteiger charge is -2.09. The van der Waals surface area contributed by atoms with Gasteiger partial charge in [0.25, 0.3) is 11.1 Å². The molecule has 2 aromatic rings. The Hall–Kier alpha value is -2.27. The number of rotatable bonds is 3. The number of nitrogens with zero attached hydrogens (tertiary/aromatic N) is 1. The van der Waals surface area contributed by atoms with E-state index in [0.29, 0.717) is 11.4 Å². The molecular formula is C17H15NO3S. The lowest BCUT2D eigenvalue weighted by atomic mass is 10.0. The van der Waals surface area contributed by atoms with E-state index < -0.39 is 0 Å². The lowest BCUT2D eigenvalue weighted by Crippen LogP contribution is -2.27. The van der Waals surface area contributed by atoms with Gasteiger partial charge < -0.3 is 4.74 Å². The fraction of sp³-hybridized carbons (Fsp3) is 0.176. The summed E-state index contributed by atoms with van der Waals surface area (Å²) in [6, 6.07) is 11.6. The Kier molecular flexibility index (Phi) is 3.90. The van der Waals surface area contributed by atoms with E-state index in [2.05, 4.69) is 0 Å². The van der Waals surface area contributed by atoms with Crippen molar-refractivity contribution in [3.05, 3.63) is 46.9 Å². The van der Waals surface area contributed by atoms with Gasteiger partial charge in [-0.15, -0.1) is 0 Å². The Labute approximate surface area is 132 Å². The normalized spacial score (nSPS) is 16.8. The van der Waals surface area contributed by atoms with Crippen molar-refractivity contribution in [1.82, 2.24) is 4.90 Å². The Bertz CT molecular complexity index is 798. The Morgan fingerprint density at radius 2 is 1.86 bits per heavy atom. The van der Waals surface area contributed by atoms with Gasteiger partial charge in [-0.25, -0.2) is 0 Å². The molecule has 1 saturated heterocycles. The third-order valence-electron chi connectivity index (χ3n) is 3.61. The van der Waals surface area contributed by atoms with Gasteiger partial charge in [-0.3, -0.25) is 14.5 Å². The van der Waals surface area contributed by atoms with Crippen molar-refractivity contribution >= 4 is 39.8 Å². The van der Waals surface area contributed by atoms with E-state index in [1.54, 1.807) is 20.1 Å². The monoisotopic (exact) mass is 313 g/mol. The van der Waals surface area contributed by atoms with Crippen molar-refractivity contribution in [3.63, 3.8) is 0 Å². The molecule has 0 spiro atoms.